The molecule has 1 aromatic rings. The minimum Gasteiger partial charge on any atom is -0.366 e. The molecule has 6 nitrogen and oxygen atoms in total. The van der Waals surface area contributed by atoms with Crippen molar-refractivity contribution in [3.63, 3.8) is 0 Å². The summed E-state index contributed by atoms with van der Waals surface area (Å²) in [4.78, 5) is 14.0. The predicted octanol–water partition coefficient (Wildman–Crippen LogP) is 2.41. The van der Waals surface area contributed by atoms with Crippen LogP contribution in [0.1, 0.15) is 13.8 Å². The lowest BCUT2D eigenvalue weighted by molar-refractivity contribution is 0.124. The fourth-order valence-corrected chi connectivity index (χ4v) is 4.26. The molecule has 1 unspecified atom stereocenters. The number of hydrogen-bond donors (Lipinski definition) is 1. The summed E-state index contributed by atoms with van der Waals surface area (Å²) in [6.07, 6.45) is 0. The van der Waals surface area contributed by atoms with Gasteiger partial charge < -0.3 is 24.9 Å². The molecule has 0 saturated carbocycles. The summed E-state index contributed by atoms with van der Waals surface area (Å²) in [5.41, 5.74) is 0.701. The van der Waals surface area contributed by atoms with E-state index in [1.165, 1.54) is 32.2 Å². The summed E-state index contributed by atoms with van der Waals surface area (Å²) in [7, 11) is 1.85. The van der Waals surface area contributed by atoms with Gasteiger partial charge in [-0.15, -0.1) is 24.0 Å². The molecule has 1 atom stereocenters. The van der Waals surface area contributed by atoms with Crippen LogP contribution in [0.2, 0.25) is 0 Å². The van der Waals surface area contributed by atoms with E-state index >= 15 is 0 Å². The smallest absolute Gasteiger partial charge is 0.193 e. The lowest BCUT2D eigenvalue weighted by Crippen LogP contribution is -2.53. The Kier molecular flexibility index (Phi) is 10.6. The van der Waals surface area contributed by atoms with Gasteiger partial charge in [0, 0.05) is 72.5 Å². The minimum absolute atomic E-state index is 0. The van der Waals surface area contributed by atoms with Gasteiger partial charge in [0.25, 0.3) is 0 Å². The Morgan fingerprint density at radius 2 is 1.67 bits per heavy atom. The topological polar surface area (TPSA) is 37.4 Å². The number of anilines is 1. The first-order valence-electron chi connectivity index (χ1n) is 11.0. The monoisotopic (exact) mass is 532 g/mol. The van der Waals surface area contributed by atoms with Crippen molar-refractivity contribution >= 4 is 35.6 Å². The largest absolute Gasteiger partial charge is 0.366 e. The lowest BCUT2D eigenvalue weighted by Gasteiger charge is -2.38. The third-order valence-corrected chi connectivity index (χ3v) is 6.07. The van der Waals surface area contributed by atoms with Gasteiger partial charge in [0.05, 0.1) is 5.69 Å². The van der Waals surface area contributed by atoms with E-state index in [1.807, 2.05) is 19.2 Å². The number of likely N-dealkylation sites (N-methyl/N-ethyl adjacent to an activating group) is 1. The molecular formula is C22H38FIN6. The third kappa shape index (κ3) is 6.95. The molecule has 0 spiro atoms. The molecule has 0 amide bonds. The van der Waals surface area contributed by atoms with E-state index < -0.39 is 0 Å². The van der Waals surface area contributed by atoms with Gasteiger partial charge in [0.15, 0.2) is 5.96 Å². The number of nitrogens with zero attached hydrogens (tertiary/aromatic N) is 5. The van der Waals surface area contributed by atoms with E-state index in [0.29, 0.717) is 11.6 Å². The second-order valence-corrected chi connectivity index (χ2v) is 8.19. The van der Waals surface area contributed by atoms with Gasteiger partial charge in [-0.2, -0.15) is 0 Å². The highest BCUT2D eigenvalue weighted by atomic mass is 127. The van der Waals surface area contributed by atoms with Crippen LogP contribution < -0.4 is 10.2 Å². The lowest BCUT2D eigenvalue weighted by atomic mass is 10.1. The summed E-state index contributed by atoms with van der Waals surface area (Å²) in [6.45, 7) is 15.8. The molecule has 3 rings (SSSR count). The van der Waals surface area contributed by atoms with Crippen LogP contribution in [0, 0.1) is 11.7 Å². The summed E-state index contributed by atoms with van der Waals surface area (Å²) in [5, 5.41) is 3.56. The van der Waals surface area contributed by atoms with Crippen LogP contribution in [0.5, 0.6) is 0 Å². The fraction of sp³-hybridized carbons (Fsp3) is 0.682. The van der Waals surface area contributed by atoms with Gasteiger partial charge in [0.2, 0.25) is 0 Å². The molecule has 2 fully saturated rings. The van der Waals surface area contributed by atoms with E-state index in [0.717, 1.165) is 51.8 Å². The van der Waals surface area contributed by atoms with Crippen molar-refractivity contribution in [3.8, 4) is 0 Å². The van der Waals surface area contributed by atoms with Crippen molar-refractivity contribution in [1.82, 2.24) is 20.0 Å². The zero-order valence-corrected chi connectivity index (χ0v) is 21.0. The van der Waals surface area contributed by atoms with Crippen molar-refractivity contribution in [1.29, 1.82) is 0 Å². The van der Waals surface area contributed by atoms with E-state index in [4.69, 9.17) is 0 Å². The van der Waals surface area contributed by atoms with Crippen LogP contribution in [0.4, 0.5) is 10.1 Å². The highest BCUT2D eigenvalue weighted by Crippen LogP contribution is 2.20. The summed E-state index contributed by atoms with van der Waals surface area (Å²) >= 11 is 0. The summed E-state index contributed by atoms with van der Waals surface area (Å²) < 4.78 is 14.0. The molecule has 0 bridgehead atoms. The standard InChI is InChI=1S/C22H37FN6.HI/c1-4-26-9-11-27(12-10-26)18-19(2)17-25-22(24-3)29-15-13-28(14-16-29)21-8-6-5-7-20(21)23;/h5-8,19H,4,9-18H2,1-3H3,(H,24,25);1H. The quantitative estimate of drug-likeness (QED) is 0.346. The van der Waals surface area contributed by atoms with Crippen molar-refractivity contribution in [2.24, 2.45) is 10.9 Å². The van der Waals surface area contributed by atoms with Crippen molar-refractivity contribution in [2.75, 3.05) is 83.9 Å². The van der Waals surface area contributed by atoms with Crippen molar-refractivity contribution in [3.05, 3.63) is 30.1 Å². The number of hydrogen-bond acceptors (Lipinski definition) is 4. The fourth-order valence-electron chi connectivity index (χ4n) is 4.26. The molecule has 0 aromatic heterocycles. The Labute approximate surface area is 198 Å². The number of para-hydroxylation sites is 1. The average Bonchev–Trinajstić information content (AvgIpc) is 2.75. The van der Waals surface area contributed by atoms with E-state index in [9.17, 15) is 4.39 Å². The molecule has 2 aliphatic heterocycles. The molecule has 170 valence electrons. The summed E-state index contributed by atoms with van der Waals surface area (Å²) in [5.74, 6) is 1.39. The second kappa shape index (κ2) is 12.7. The van der Waals surface area contributed by atoms with Gasteiger partial charge in [-0.3, -0.25) is 4.99 Å². The van der Waals surface area contributed by atoms with E-state index in [1.54, 1.807) is 6.07 Å². The first-order valence-corrected chi connectivity index (χ1v) is 11.0. The minimum atomic E-state index is -0.142. The van der Waals surface area contributed by atoms with Crippen LogP contribution in [0.15, 0.2) is 29.3 Å². The highest BCUT2D eigenvalue weighted by Gasteiger charge is 2.22. The van der Waals surface area contributed by atoms with E-state index in [-0.39, 0.29) is 29.8 Å². The molecule has 2 aliphatic rings. The Bertz CT molecular complexity index is 657. The van der Waals surface area contributed by atoms with Crippen LogP contribution in [-0.4, -0.2) is 99.7 Å². The molecule has 30 heavy (non-hydrogen) atoms. The molecule has 1 N–H and O–H groups in total. The molecule has 1 aromatic carbocycles. The number of guanidine groups is 1. The Hall–Kier alpha value is -1.13. The van der Waals surface area contributed by atoms with Crippen LogP contribution in [0.25, 0.3) is 0 Å². The average molecular weight is 532 g/mol. The SMILES string of the molecule is CCN1CCN(CC(C)CNC(=NC)N2CCN(c3ccccc3F)CC2)CC1.I. The maximum atomic E-state index is 14.0. The van der Waals surface area contributed by atoms with E-state index in [2.05, 4.69) is 43.8 Å². The number of halogens is 2. The Balaban J connectivity index is 0.00000320. The number of rotatable bonds is 6. The van der Waals surface area contributed by atoms with Gasteiger partial charge in [-0.05, 0) is 24.6 Å². The molecule has 0 radical (unpaired) electrons. The van der Waals surface area contributed by atoms with Crippen LogP contribution in [0.3, 0.4) is 0 Å². The highest BCUT2D eigenvalue weighted by molar-refractivity contribution is 14.0. The van der Waals surface area contributed by atoms with Crippen molar-refractivity contribution < 1.29 is 4.39 Å². The number of piperazine rings is 2. The van der Waals surface area contributed by atoms with Crippen molar-refractivity contribution in [2.45, 2.75) is 13.8 Å². The first-order chi connectivity index (χ1) is 14.1. The number of nitrogens with one attached hydrogen (secondary N) is 1. The van der Waals surface area contributed by atoms with Crippen LogP contribution in [-0.2, 0) is 0 Å². The molecular weight excluding hydrogens is 494 g/mol. The molecule has 2 heterocycles. The Morgan fingerprint density at radius 3 is 2.27 bits per heavy atom. The zero-order chi connectivity index (χ0) is 20.6. The predicted molar refractivity (Wildman–Crippen MR) is 135 cm³/mol. The molecule has 2 saturated heterocycles. The molecule has 0 aliphatic carbocycles. The maximum Gasteiger partial charge on any atom is 0.193 e. The van der Waals surface area contributed by atoms with Crippen LogP contribution >= 0.6 is 24.0 Å². The zero-order valence-electron chi connectivity index (χ0n) is 18.7. The third-order valence-electron chi connectivity index (χ3n) is 6.07. The number of aliphatic imine (C=N–C) groups is 1. The maximum absolute atomic E-state index is 14.0. The van der Waals surface area contributed by atoms with Gasteiger partial charge in [-0.25, -0.2) is 4.39 Å². The summed E-state index contributed by atoms with van der Waals surface area (Å²) in [6, 6.07) is 7.03. The normalized spacial score (nSPS) is 20.1. The first kappa shape index (κ1) is 25.1. The van der Waals surface area contributed by atoms with Gasteiger partial charge in [-0.1, -0.05) is 26.0 Å². The Morgan fingerprint density at radius 1 is 1.03 bits per heavy atom. The molecule has 8 heteroatoms. The number of benzene rings is 1. The van der Waals surface area contributed by atoms with Gasteiger partial charge in [0.1, 0.15) is 5.82 Å². The second-order valence-electron chi connectivity index (χ2n) is 8.19. The van der Waals surface area contributed by atoms with Gasteiger partial charge >= 0.3 is 0 Å².